The fourth-order valence-corrected chi connectivity index (χ4v) is 3.72. The summed E-state index contributed by atoms with van der Waals surface area (Å²) in [5, 5.41) is 3.23. The molecule has 2 rings (SSSR count). The molecule has 0 radical (unpaired) electrons. The van der Waals surface area contributed by atoms with Crippen LogP contribution in [0.15, 0.2) is 17.2 Å². The maximum Gasteiger partial charge on any atom is 0.265 e. The first-order chi connectivity index (χ1) is 9.40. The van der Waals surface area contributed by atoms with Crippen LogP contribution in [0.1, 0.15) is 29.8 Å². The first-order valence-electron chi connectivity index (χ1n) is 6.59. The van der Waals surface area contributed by atoms with Gasteiger partial charge in [0, 0.05) is 19.3 Å². The van der Waals surface area contributed by atoms with Crippen LogP contribution in [0.4, 0.5) is 0 Å². The highest BCUT2D eigenvalue weighted by Gasteiger charge is 2.23. The van der Waals surface area contributed by atoms with Gasteiger partial charge in [-0.25, -0.2) is 13.1 Å². The van der Waals surface area contributed by atoms with Crippen molar-refractivity contribution in [3.05, 3.63) is 18.0 Å². The molecule has 4 N–H and O–H groups in total. The number of aromatic nitrogens is 1. The Kier molecular flexibility index (Phi) is 4.46. The summed E-state index contributed by atoms with van der Waals surface area (Å²) in [5.74, 6) is -0.646. The number of nitrogens with zero attached hydrogens (tertiary/aromatic N) is 1. The highest BCUT2D eigenvalue weighted by molar-refractivity contribution is 7.89. The van der Waals surface area contributed by atoms with Crippen molar-refractivity contribution >= 4 is 15.9 Å². The second-order valence-electron chi connectivity index (χ2n) is 5.04. The van der Waals surface area contributed by atoms with Gasteiger partial charge in [0.25, 0.3) is 5.91 Å². The van der Waals surface area contributed by atoms with Crippen molar-refractivity contribution < 1.29 is 13.2 Å². The number of aryl methyl sites for hydroxylation is 1. The van der Waals surface area contributed by atoms with Crippen molar-refractivity contribution in [2.45, 2.75) is 30.2 Å². The Balaban J connectivity index is 2.17. The molecule has 0 saturated carbocycles. The average Bonchev–Trinajstić information content (AvgIpc) is 2.59. The molecule has 1 fully saturated rings. The second kappa shape index (κ2) is 5.94. The summed E-state index contributed by atoms with van der Waals surface area (Å²) in [5.41, 5.74) is 5.37. The number of nitrogens with one attached hydrogen (secondary N) is 2. The highest BCUT2D eigenvalue weighted by Crippen LogP contribution is 2.15. The summed E-state index contributed by atoms with van der Waals surface area (Å²) < 4.78 is 28.7. The molecule has 2 heterocycles. The highest BCUT2D eigenvalue weighted by atomic mass is 32.2. The summed E-state index contributed by atoms with van der Waals surface area (Å²) >= 11 is 0. The van der Waals surface area contributed by atoms with Crippen LogP contribution in [0.2, 0.25) is 0 Å². The third kappa shape index (κ3) is 3.38. The van der Waals surface area contributed by atoms with Crippen molar-refractivity contribution in [3.8, 4) is 0 Å². The van der Waals surface area contributed by atoms with Crippen LogP contribution < -0.4 is 15.8 Å². The Hall–Kier alpha value is -1.38. The molecule has 1 aromatic rings. The Morgan fingerprint density at radius 2 is 2.20 bits per heavy atom. The van der Waals surface area contributed by atoms with Crippen LogP contribution in [-0.2, 0) is 17.1 Å². The molecule has 1 atom stereocenters. The molecule has 1 unspecified atom stereocenters. The molecule has 0 spiro atoms. The van der Waals surface area contributed by atoms with E-state index in [2.05, 4.69) is 10.0 Å². The minimum absolute atomic E-state index is 0.0750. The number of carbonyl (C=O) groups excluding carboxylic acids is 1. The monoisotopic (exact) mass is 300 g/mol. The lowest BCUT2D eigenvalue weighted by Gasteiger charge is -2.15. The van der Waals surface area contributed by atoms with E-state index in [1.807, 2.05) is 0 Å². The maximum absolute atomic E-state index is 12.3. The van der Waals surface area contributed by atoms with Gasteiger partial charge in [-0.1, -0.05) is 0 Å². The van der Waals surface area contributed by atoms with Crippen molar-refractivity contribution in [1.29, 1.82) is 0 Å². The molecule has 7 nitrogen and oxygen atoms in total. The van der Waals surface area contributed by atoms with Crippen LogP contribution >= 0.6 is 0 Å². The van der Waals surface area contributed by atoms with E-state index in [1.165, 1.54) is 16.8 Å². The zero-order valence-electron chi connectivity index (χ0n) is 11.4. The van der Waals surface area contributed by atoms with E-state index in [-0.39, 0.29) is 16.6 Å². The largest absolute Gasteiger partial charge is 0.364 e. The van der Waals surface area contributed by atoms with Crippen molar-refractivity contribution in [2.24, 2.45) is 12.8 Å². The van der Waals surface area contributed by atoms with Crippen molar-refractivity contribution in [2.75, 3.05) is 13.1 Å². The van der Waals surface area contributed by atoms with Gasteiger partial charge in [0.1, 0.15) is 10.6 Å². The van der Waals surface area contributed by atoms with E-state index in [0.717, 1.165) is 32.4 Å². The Labute approximate surface area is 118 Å². The fraction of sp³-hybridized carbons (Fsp3) is 0.583. The average molecular weight is 300 g/mol. The number of primary amides is 1. The first-order valence-corrected chi connectivity index (χ1v) is 8.07. The molecule has 8 heteroatoms. The molecule has 1 aliphatic rings. The molecule has 112 valence electrons. The standard InChI is InChI=1S/C12H20N4O3S/c1-16-8-10(7-11(16)12(13)17)20(18,19)15-9-3-2-5-14-6-4-9/h7-9,14-15H,2-6H2,1H3,(H2,13,17). The van der Waals surface area contributed by atoms with Crippen LogP contribution in [0.3, 0.4) is 0 Å². The van der Waals surface area contributed by atoms with Gasteiger partial charge in [0.2, 0.25) is 10.0 Å². The van der Waals surface area contributed by atoms with Gasteiger partial charge in [0.05, 0.1) is 0 Å². The fourth-order valence-electron chi connectivity index (χ4n) is 2.35. The Morgan fingerprint density at radius 3 is 2.85 bits per heavy atom. The third-order valence-electron chi connectivity index (χ3n) is 3.44. The van der Waals surface area contributed by atoms with E-state index in [0.29, 0.717) is 0 Å². The summed E-state index contributed by atoms with van der Waals surface area (Å²) in [4.78, 5) is 11.3. The third-order valence-corrected chi connectivity index (χ3v) is 4.93. The van der Waals surface area contributed by atoms with Gasteiger partial charge in [-0.2, -0.15) is 0 Å². The van der Waals surface area contributed by atoms with Crippen molar-refractivity contribution in [3.63, 3.8) is 0 Å². The molecule has 1 aliphatic heterocycles. The van der Waals surface area contributed by atoms with Gasteiger partial charge in [0.15, 0.2) is 0 Å². The molecule has 0 bridgehead atoms. The SMILES string of the molecule is Cn1cc(S(=O)(=O)NC2CCCNCC2)cc1C(N)=O. The maximum atomic E-state index is 12.3. The van der Waals surface area contributed by atoms with Crippen LogP contribution in [0.25, 0.3) is 0 Å². The lowest BCUT2D eigenvalue weighted by molar-refractivity contribution is 0.0992. The van der Waals surface area contributed by atoms with Crippen LogP contribution in [0, 0.1) is 0 Å². The van der Waals surface area contributed by atoms with Crippen molar-refractivity contribution in [1.82, 2.24) is 14.6 Å². The van der Waals surface area contributed by atoms with Gasteiger partial charge in [-0.05, 0) is 38.4 Å². The van der Waals surface area contributed by atoms with E-state index in [4.69, 9.17) is 5.73 Å². The number of rotatable bonds is 4. The summed E-state index contributed by atoms with van der Waals surface area (Å²) in [6, 6.07) is 1.23. The number of sulfonamides is 1. The zero-order chi connectivity index (χ0) is 14.8. The lowest BCUT2D eigenvalue weighted by Crippen LogP contribution is -2.35. The molecule has 20 heavy (non-hydrogen) atoms. The van der Waals surface area contributed by atoms with Gasteiger partial charge < -0.3 is 15.6 Å². The molecule has 1 aromatic heterocycles. The topological polar surface area (TPSA) is 106 Å². The van der Waals surface area contributed by atoms with E-state index in [1.54, 1.807) is 7.05 Å². The molecule has 1 amide bonds. The second-order valence-corrected chi connectivity index (χ2v) is 6.75. The van der Waals surface area contributed by atoms with Crippen LogP contribution in [0.5, 0.6) is 0 Å². The lowest BCUT2D eigenvalue weighted by atomic mass is 10.1. The summed E-state index contributed by atoms with van der Waals surface area (Å²) in [6.07, 6.45) is 3.91. The number of amides is 1. The minimum Gasteiger partial charge on any atom is -0.364 e. The molecule has 0 aliphatic carbocycles. The number of hydrogen-bond acceptors (Lipinski definition) is 4. The molecule has 1 saturated heterocycles. The minimum atomic E-state index is -3.62. The summed E-state index contributed by atoms with van der Waals surface area (Å²) in [7, 11) is -2.03. The van der Waals surface area contributed by atoms with Gasteiger partial charge in [-0.15, -0.1) is 0 Å². The number of hydrogen-bond donors (Lipinski definition) is 3. The van der Waals surface area contributed by atoms with E-state index in [9.17, 15) is 13.2 Å². The smallest absolute Gasteiger partial charge is 0.265 e. The summed E-state index contributed by atoms with van der Waals surface area (Å²) in [6.45, 7) is 1.71. The zero-order valence-corrected chi connectivity index (χ0v) is 12.2. The Morgan fingerprint density at radius 1 is 1.45 bits per heavy atom. The normalized spacial score (nSPS) is 20.6. The number of nitrogens with two attached hydrogens (primary N) is 1. The van der Waals surface area contributed by atoms with E-state index >= 15 is 0 Å². The van der Waals surface area contributed by atoms with E-state index < -0.39 is 15.9 Å². The molecular formula is C12H20N4O3S. The Bertz CT molecular complexity index is 586. The van der Waals surface area contributed by atoms with Gasteiger partial charge >= 0.3 is 0 Å². The first kappa shape index (κ1) is 15.0. The molecule has 0 aromatic carbocycles. The predicted molar refractivity (Wildman–Crippen MR) is 74.8 cm³/mol. The number of carbonyl (C=O) groups is 1. The molecular weight excluding hydrogens is 280 g/mol. The van der Waals surface area contributed by atoms with Crippen LogP contribution in [-0.4, -0.2) is 38.0 Å². The predicted octanol–water partition coefficient (Wildman–Crippen LogP) is -0.456. The quantitative estimate of drug-likeness (QED) is 0.700. The van der Waals surface area contributed by atoms with Gasteiger partial charge in [-0.3, -0.25) is 4.79 Å².